The monoisotopic (exact) mass is 296 g/mol. The van der Waals surface area contributed by atoms with E-state index in [1.807, 2.05) is 37.4 Å². The lowest BCUT2D eigenvalue weighted by molar-refractivity contribution is 0.105. The van der Waals surface area contributed by atoms with Crippen molar-refractivity contribution in [3.8, 4) is 0 Å². The van der Waals surface area contributed by atoms with Crippen LogP contribution in [-0.4, -0.2) is 12.0 Å². The maximum absolute atomic E-state index is 6.07. The molecule has 0 saturated carbocycles. The first-order chi connectivity index (χ1) is 9.19. The van der Waals surface area contributed by atoms with Crippen molar-refractivity contribution in [2.24, 2.45) is 0 Å². The minimum absolute atomic E-state index is 0.362. The molecule has 0 spiro atoms. The third-order valence-electron chi connectivity index (χ3n) is 2.57. The van der Waals surface area contributed by atoms with Crippen LogP contribution in [0.2, 0.25) is 10.0 Å². The van der Waals surface area contributed by atoms with Gasteiger partial charge in [-0.15, -0.1) is 0 Å². The minimum Gasteiger partial charge on any atom is -0.373 e. The van der Waals surface area contributed by atoms with Crippen molar-refractivity contribution < 1.29 is 4.74 Å². The fraction of sp³-hybridized carbons (Fsp3) is 0.214. The molecule has 1 aromatic heterocycles. The fourth-order valence-corrected chi connectivity index (χ4v) is 1.99. The molecule has 1 heterocycles. The Morgan fingerprint density at radius 1 is 1.16 bits per heavy atom. The van der Waals surface area contributed by atoms with E-state index in [4.69, 9.17) is 27.9 Å². The molecule has 100 valence electrons. The molecule has 5 heteroatoms. The number of benzene rings is 1. The number of nitrogens with one attached hydrogen (secondary N) is 1. The molecule has 0 aliphatic heterocycles. The van der Waals surface area contributed by atoms with Gasteiger partial charge in [-0.2, -0.15) is 0 Å². The molecule has 0 radical (unpaired) electrons. The van der Waals surface area contributed by atoms with Crippen LogP contribution >= 0.6 is 23.2 Å². The molecule has 1 N–H and O–H groups in total. The number of nitrogens with zero attached hydrogens (tertiary/aromatic N) is 1. The lowest BCUT2D eigenvalue weighted by Crippen LogP contribution is -2.00. The minimum atomic E-state index is 0.362. The third kappa shape index (κ3) is 4.10. The van der Waals surface area contributed by atoms with Crippen LogP contribution in [0.5, 0.6) is 0 Å². The highest BCUT2D eigenvalue weighted by Gasteiger charge is 2.04. The van der Waals surface area contributed by atoms with E-state index in [0.29, 0.717) is 23.3 Å². The van der Waals surface area contributed by atoms with E-state index in [2.05, 4.69) is 10.3 Å². The van der Waals surface area contributed by atoms with Crippen LogP contribution in [0.15, 0.2) is 36.4 Å². The van der Waals surface area contributed by atoms with Crippen molar-refractivity contribution >= 4 is 29.0 Å². The highest BCUT2D eigenvalue weighted by atomic mass is 35.5. The average Bonchev–Trinajstić information content (AvgIpc) is 2.41. The van der Waals surface area contributed by atoms with Crippen LogP contribution in [0.3, 0.4) is 0 Å². The van der Waals surface area contributed by atoms with Crippen LogP contribution < -0.4 is 5.32 Å². The summed E-state index contributed by atoms with van der Waals surface area (Å²) in [4.78, 5) is 4.35. The van der Waals surface area contributed by atoms with Gasteiger partial charge >= 0.3 is 0 Å². The average molecular weight is 297 g/mol. The lowest BCUT2D eigenvalue weighted by Gasteiger charge is -2.08. The Kier molecular flexibility index (Phi) is 5.02. The molecule has 0 fully saturated rings. The zero-order chi connectivity index (χ0) is 13.7. The van der Waals surface area contributed by atoms with Gasteiger partial charge in [-0.05, 0) is 29.8 Å². The van der Waals surface area contributed by atoms with Crippen LogP contribution in [0.25, 0.3) is 0 Å². The molecule has 19 heavy (non-hydrogen) atoms. The maximum Gasteiger partial charge on any atom is 0.126 e. The van der Waals surface area contributed by atoms with Gasteiger partial charge < -0.3 is 10.1 Å². The number of aromatic nitrogens is 1. The van der Waals surface area contributed by atoms with E-state index >= 15 is 0 Å². The van der Waals surface area contributed by atoms with Gasteiger partial charge in [-0.25, -0.2) is 4.98 Å². The summed E-state index contributed by atoms with van der Waals surface area (Å²) < 4.78 is 5.61. The smallest absolute Gasteiger partial charge is 0.126 e. The van der Waals surface area contributed by atoms with Crippen LogP contribution in [0.4, 0.5) is 5.82 Å². The van der Waals surface area contributed by atoms with Gasteiger partial charge in [-0.1, -0.05) is 35.3 Å². The number of pyridine rings is 1. The van der Waals surface area contributed by atoms with Gasteiger partial charge in [0.05, 0.1) is 23.9 Å². The van der Waals surface area contributed by atoms with Crippen molar-refractivity contribution in [2.75, 3.05) is 12.4 Å². The molecule has 0 aliphatic rings. The highest BCUT2D eigenvalue weighted by molar-refractivity contribution is 6.31. The second-order valence-electron chi connectivity index (χ2n) is 4.00. The molecule has 0 saturated heterocycles. The molecule has 1 aromatic carbocycles. The third-order valence-corrected chi connectivity index (χ3v) is 3.15. The largest absolute Gasteiger partial charge is 0.373 e. The molecule has 0 unspecified atom stereocenters. The van der Waals surface area contributed by atoms with Gasteiger partial charge in [-0.3, -0.25) is 0 Å². The summed E-state index contributed by atoms with van der Waals surface area (Å²) in [6.07, 6.45) is 0. The quantitative estimate of drug-likeness (QED) is 0.900. The van der Waals surface area contributed by atoms with Crippen molar-refractivity contribution in [1.29, 1.82) is 0 Å². The van der Waals surface area contributed by atoms with Gasteiger partial charge in [0.2, 0.25) is 0 Å². The highest BCUT2D eigenvalue weighted by Crippen LogP contribution is 2.18. The Morgan fingerprint density at radius 3 is 2.74 bits per heavy atom. The summed E-state index contributed by atoms with van der Waals surface area (Å²) in [5.41, 5.74) is 1.74. The number of rotatable bonds is 5. The first kappa shape index (κ1) is 14.1. The molecule has 2 aromatic rings. The van der Waals surface area contributed by atoms with Gasteiger partial charge in [0.15, 0.2) is 0 Å². The predicted octanol–water partition coefficient (Wildman–Crippen LogP) is 4.15. The van der Waals surface area contributed by atoms with E-state index in [9.17, 15) is 0 Å². The van der Waals surface area contributed by atoms with E-state index in [1.54, 1.807) is 6.07 Å². The molecular weight excluding hydrogens is 283 g/mol. The molecule has 0 aliphatic carbocycles. The number of hydrogen-bond donors (Lipinski definition) is 1. The van der Waals surface area contributed by atoms with E-state index in [1.165, 1.54) is 0 Å². The van der Waals surface area contributed by atoms with E-state index < -0.39 is 0 Å². The second-order valence-corrected chi connectivity index (χ2v) is 4.84. The molecule has 0 bridgehead atoms. The summed E-state index contributed by atoms with van der Waals surface area (Å²) in [7, 11) is 1.81. The number of anilines is 1. The Morgan fingerprint density at radius 2 is 2.00 bits per heavy atom. The lowest BCUT2D eigenvalue weighted by atomic mass is 10.2. The van der Waals surface area contributed by atoms with Crippen LogP contribution in [-0.2, 0) is 18.0 Å². The Balaban J connectivity index is 1.95. The number of hydrogen-bond acceptors (Lipinski definition) is 3. The van der Waals surface area contributed by atoms with Crippen LogP contribution in [0, 0.1) is 0 Å². The summed E-state index contributed by atoms with van der Waals surface area (Å²) in [6.45, 7) is 0.837. The van der Waals surface area contributed by atoms with Crippen LogP contribution in [0.1, 0.15) is 11.3 Å². The Labute approximate surface area is 122 Å². The van der Waals surface area contributed by atoms with E-state index in [-0.39, 0.29) is 0 Å². The Hall–Kier alpha value is -1.29. The van der Waals surface area contributed by atoms with E-state index in [0.717, 1.165) is 17.1 Å². The maximum atomic E-state index is 6.07. The summed E-state index contributed by atoms with van der Waals surface area (Å²) in [5, 5.41) is 4.27. The first-order valence-corrected chi connectivity index (χ1v) is 6.60. The molecule has 2 rings (SSSR count). The number of ether oxygens (including phenoxy) is 1. The van der Waals surface area contributed by atoms with Crippen molar-refractivity contribution in [1.82, 2.24) is 4.98 Å². The first-order valence-electron chi connectivity index (χ1n) is 5.84. The summed E-state index contributed by atoms with van der Waals surface area (Å²) in [6, 6.07) is 11.2. The summed E-state index contributed by atoms with van der Waals surface area (Å²) >= 11 is 12.0. The second kappa shape index (κ2) is 6.75. The SMILES string of the molecule is CNc1ccc(Cl)c(COCc2cccc(Cl)c2)n1. The van der Waals surface area contributed by atoms with Gasteiger partial charge in [0.25, 0.3) is 0 Å². The van der Waals surface area contributed by atoms with Crippen molar-refractivity contribution in [3.63, 3.8) is 0 Å². The van der Waals surface area contributed by atoms with Gasteiger partial charge in [0.1, 0.15) is 5.82 Å². The normalized spacial score (nSPS) is 10.5. The van der Waals surface area contributed by atoms with Gasteiger partial charge in [0, 0.05) is 12.1 Å². The zero-order valence-electron chi connectivity index (χ0n) is 10.5. The topological polar surface area (TPSA) is 34.1 Å². The zero-order valence-corrected chi connectivity index (χ0v) is 12.0. The molecule has 3 nitrogen and oxygen atoms in total. The molecule has 0 amide bonds. The number of halogens is 2. The fourth-order valence-electron chi connectivity index (χ4n) is 1.62. The van der Waals surface area contributed by atoms with Crippen molar-refractivity contribution in [3.05, 3.63) is 57.7 Å². The van der Waals surface area contributed by atoms with Crippen molar-refractivity contribution in [2.45, 2.75) is 13.2 Å². The molecule has 0 atom stereocenters. The molecular formula is C14H14Cl2N2O. The summed E-state index contributed by atoms with van der Waals surface area (Å²) in [5.74, 6) is 0.769. The predicted molar refractivity (Wildman–Crippen MR) is 78.7 cm³/mol. The Bertz CT molecular complexity index is 561. The standard InChI is InChI=1S/C14H14Cl2N2O/c1-17-14-6-5-12(16)13(18-14)9-19-8-10-3-2-4-11(15)7-10/h2-7H,8-9H2,1H3,(H,17,18).